The summed E-state index contributed by atoms with van der Waals surface area (Å²) in [6.45, 7) is 4.46. The van der Waals surface area contributed by atoms with E-state index in [0.29, 0.717) is 18.9 Å². The van der Waals surface area contributed by atoms with Gasteiger partial charge in [-0.05, 0) is 42.0 Å². The Bertz CT molecular complexity index is 1060. The van der Waals surface area contributed by atoms with Crippen molar-refractivity contribution < 1.29 is 8.42 Å². The molecule has 0 saturated heterocycles. The fraction of sp³-hybridized carbons (Fsp3) is 0.182. The van der Waals surface area contributed by atoms with Crippen molar-refractivity contribution in [2.75, 3.05) is 23.8 Å². The minimum atomic E-state index is -3.51. The number of nitrogens with zero attached hydrogens (tertiary/aromatic N) is 3. The summed E-state index contributed by atoms with van der Waals surface area (Å²) < 4.78 is 26.4. The Balaban J connectivity index is 1.59. The molecule has 1 heterocycles. The third-order valence-corrected chi connectivity index (χ3v) is 6.48. The molecule has 3 aromatic rings. The Morgan fingerprint density at radius 2 is 1.60 bits per heavy atom. The van der Waals surface area contributed by atoms with Crippen LogP contribution in [0.5, 0.6) is 0 Å². The van der Waals surface area contributed by atoms with Gasteiger partial charge in [0, 0.05) is 30.7 Å². The molecule has 0 aliphatic heterocycles. The molecule has 0 radical (unpaired) electrons. The lowest BCUT2D eigenvalue weighted by atomic mass is 10.2. The minimum Gasteiger partial charge on any atom is -0.356 e. The van der Waals surface area contributed by atoms with Crippen LogP contribution in [0, 0.1) is 0 Å². The fourth-order valence-electron chi connectivity index (χ4n) is 2.83. The van der Waals surface area contributed by atoms with Crippen molar-refractivity contribution in [1.29, 1.82) is 0 Å². The molecule has 3 rings (SSSR count). The number of para-hydroxylation sites is 1. The maximum Gasteiger partial charge on any atom is 0.244 e. The second-order valence-electron chi connectivity index (χ2n) is 6.45. The monoisotopic (exact) mass is 423 g/mol. The second kappa shape index (κ2) is 10.00. The molecule has 0 bridgehead atoms. The molecule has 7 nitrogen and oxygen atoms in total. The predicted octanol–water partition coefficient (Wildman–Crippen LogP) is 4.30. The Labute approximate surface area is 177 Å². The van der Waals surface area contributed by atoms with E-state index in [0.717, 1.165) is 16.9 Å². The van der Waals surface area contributed by atoms with Gasteiger partial charge in [-0.3, -0.25) is 5.43 Å². The third-order valence-electron chi connectivity index (χ3n) is 4.45. The molecule has 0 spiro atoms. The normalized spacial score (nSPS) is 11.7. The zero-order valence-electron chi connectivity index (χ0n) is 17.0. The van der Waals surface area contributed by atoms with Gasteiger partial charge in [-0.2, -0.15) is 9.41 Å². The van der Waals surface area contributed by atoms with Gasteiger partial charge in [-0.15, -0.1) is 0 Å². The van der Waals surface area contributed by atoms with Crippen LogP contribution in [0.15, 0.2) is 82.9 Å². The standard InChI is InChI=1S/C22H25N5O2S/c1-3-27(4-2)30(28,29)21-14-15-22(23-17-21)26-24-16-18-10-12-20(13-11-18)25-19-8-6-5-7-9-19/h5-17,25H,3-4H2,1-2H3,(H,23,26)/b24-16-. The first-order valence-corrected chi connectivity index (χ1v) is 11.1. The lowest BCUT2D eigenvalue weighted by Crippen LogP contribution is -2.30. The average Bonchev–Trinajstić information content (AvgIpc) is 2.77. The van der Waals surface area contributed by atoms with Crippen molar-refractivity contribution in [1.82, 2.24) is 9.29 Å². The number of hydrogen-bond donors (Lipinski definition) is 2. The summed E-state index contributed by atoms with van der Waals surface area (Å²) in [6.07, 6.45) is 3.02. The van der Waals surface area contributed by atoms with Crippen LogP contribution in [0.4, 0.5) is 17.2 Å². The van der Waals surface area contributed by atoms with Crippen LogP contribution in [-0.4, -0.2) is 37.0 Å². The number of benzene rings is 2. The first-order valence-electron chi connectivity index (χ1n) is 9.70. The van der Waals surface area contributed by atoms with Crippen molar-refractivity contribution >= 4 is 33.4 Å². The number of aromatic nitrogens is 1. The molecule has 156 valence electrons. The summed E-state index contributed by atoms with van der Waals surface area (Å²) in [5.74, 6) is 0.465. The first-order chi connectivity index (χ1) is 14.5. The van der Waals surface area contributed by atoms with Crippen LogP contribution in [0.25, 0.3) is 0 Å². The van der Waals surface area contributed by atoms with E-state index in [1.54, 1.807) is 12.3 Å². The molecule has 2 aromatic carbocycles. The highest BCUT2D eigenvalue weighted by molar-refractivity contribution is 7.89. The zero-order chi connectivity index (χ0) is 21.4. The smallest absolute Gasteiger partial charge is 0.244 e. The molecular weight excluding hydrogens is 398 g/mol. The van der Waals surface area contributed by atoms with Gasteiger partial charge in [0.2, 0.25) is 10.0 Å². The summed E-state index contributed by atoms with van der Waals surface area (Å²) in [7, 11) is -3.51. The largest absolute Gasteiger partial charge is 0.356 e. The fourth-order valence-corrected chi connectivity index (χ4v) is 4.23. The maximum absolute atomic E-state index is 12.5. The van der Waals surface area contributed by atoms with Crippen molar-refractivity contribution in [3.05, 3.63) is 78.5 Å². The second-order valence-corrected chi connectivity index (χ2v) is 8.39. The number of hydrogen-bond acceptors (Lipinski definition) is 6. The quantitative estimate of drug-likeness (QED) is 0.396. The SMILES string of the molecule is CCN(CC)S(=O)(=O)c1ccc(N/N=C\c2ccc(Nc3ccccc3)cc2)nc1. The van der Waals surface area contributed by atoms with Crippen LogP contribution in [0.2, 0.25) is 0 Å². The van der Waals surface area contributed by atoms with Gasteiger partial charge in [0.15, 0.2) is 0 Å². The Morgan fingerprint density at radius 1 is 0.933 bits per heavy atom. The third kappa shape index (κ3) is 5.43. The number of hydrazone groups is 1. The van der Waals surface area contributed by atoms with E-state index < -0.39 is 10.0 Å². The zero-order valence-corrected chi connectivity index (χ0v) is 17.8. The van der Waals surface area contributed by atoms with Gasteiger partial charge < -0.3 is 5.32 Å². The average molecular weight is 424 g/mol. The van der Waals surface area contributed by atoms with E-state index in [2.05, 4.69) is 20.8 Å². The molecule has 30 heavy (non-hydrogen) atoms. The van der Waals surface area contributed by atoms with E-state index in [9.17, 15) is 8.42 Å². The Kier molecular flexibility index (Phi) is 7.16. The molecule has 1 aromatic heterocycles. The van der Waals surface area contributed by atoms with Gasteiger partial charge >= 0.3 is 0 Å². The first kappa shape index (κ1) is 21.5. The van der Waals surface area contributed by atoms with Crippen LogP contribution in [0.1, 0.15) is 19.4 Å². The van der Waals surface area contributed by atoms with Gasteiger partial charge in [0.05, 0.1) is 6.21 Å². The summed E-state index contributed by atoms with van der Waals surface area (Å²) in [6, 6.07) is 20.9. The van der Waals surface area contributed by atoms with E-state index in [4.69, 9.17) is 0 Å². The van der Waals surface area contributed by atoms with Gasteiger partial charge in [-0.25, -0.2) is 13.4 Å². The summed E-state index contributed by atoms with van der Waals surface area (Å²) in [5, 5.41) is 7.49. The van der Waals surface area contributed by atoms with Crippen LogP contribution in [-0.2, 0) is 10.0 Å². The summed E-state index contributed by atoms with van der Waals surface area (Å²) in [4.78, 5) is 4.32. The Morgan fingerprint density at radius 3 is 2.20 bits per heavy atom. The number of anilines is 3. The highest BCUT2D eigenvalue weighted by Gasteiger charge is 2.21. The van der Waals surface area contributed by atoms with E-state index in [1.807, 2.05) is 68.4 Å². The number of sulfonamides is 1. The maximum atomic E-state index is 12.5. The molecule has 0 saturated carbocycles. The van der Waals surface area contributed by atoms with Crippen LogP contribution < -0.4 is 10.7 Å². The highest BCUT2D eigenvalue weighted by atomic mass is 32.2. The molecule has 8 heteroatoms. The molecule has 0 fully saturated rings. The summed E-state index contributed by atoms with van der Waals surface area (Å²) >= 11 is 0. The molecule has 0 aliphatic carbocycles. The van der Waals surface area contributed by atoms with Gasteiger partial charge in [0.1, 0.15) is 10.7 Å². The van der Waals surface area contributed by atoms with Crippen molar-refractivity contribution in [3.63, 3.8) is 0 Å². The molecular formula is C22H25N5O2S. The minimum absolute atomic E-state index is 0.169. The van der Waals surface area contributed by atoms with Crippen LogP contribution in [0.3, 0.4) is 0 Å². The molecule has 0 amide bonds. The Hall–Kier alpha value is -3.23. The number of pyridine rings is 1. The topological polar surface area (TPSA) is 86.7 Å². The van der Waals surface area contributed by atoms with E-state index >= 15 is 0 Å². The van der Waals surface area contributed by atoms with Gasteiger partial charge in [-0.1, -0.05) is 44.2 Å². The number of rotatable bonds is 9. The lowest BCUT2D eigenvalue weighted by molar-refractivity contribution is 0.445. The van der Waals surface area contributed by atoms with Crippen molar-refractivity contribution in [3.8, 4) is 0 Å². The van der Waals surface area contributed by atoms with Crippen molar-refractivity contribution in [2.24, 2.45) is 5.10 Å². The molecule has 0 unspecified atom stereocenters. The van der Waals surface area contributed by atoms with Crippen molar-refractivity contribution in [2.45, 2.75) is 18.7 Å². The number of nitrogens with one attached hydrogen (secondary N) is 2. The summed E-state index contributed by atoms with van der Waals surface area (Å²) in [5.41, 5.74) is 5.75. The highest BCUT2D eigenvalue weighted by Crippen LogP contribution is 2.17. The predicted molar refractivity (Wildman–Crippen MR) is 122 cm³/mol. The van der Waals surface area contributed by atoms with E-state index in [-0.39, 0.29) is 4.90 Å². The molecule has 0 aliphatic rings. The van der Waals surface area contributed by atoms with Crippen LogP contribution >= 0.6 is 0 Å². The molecule has 0 atom stereocenters. The molecule has 2 N–H and O–H groups in total. The lowest BCUT2D eigenvalue weighted by Gasteiger charge is -2.18. The van der Waals surface area contributed by atoms with Gasteiger partial charge in [0.25, 0.3) is 0 Å². The van der Waals surface area contributed by atoms with E-state index in [1.165, 1.54) is 16.6 Å².